The molecular formula is C18H21O5PS. The zero-order valence-corrected chi connectivity index (χ0v) is 15.9. The Labute approximate surface area is 148 Å². The predicted molar refractivity (Wildman–Crippen MR) is 98.7 cm³/mol. The lowest BCUT2D eigenvalue weighted by Crippen LogP contribution is -2.28. The Morgan fingerprint density at radius 1 is 1.04 bits per heavy atom. The Morgan fingerprint density at radius 2 is 1.52 bits per heavy atom. The van der Waals surface area contributed by atoms with Crippen LogP contribution in [-0.4, -0.2) is 39.1 Å². The Hall–Kier alpha value is -1.46. The third-order valence-electron chi connectivity index (χ3n) is 4.35. The first-order valence-electron chi connectivity index (χ1n) is 7.95. The number of hydrogen-bond donors (Lipinski definition) is 0. The minimum atomic E-state index is -3.53. The molecule has 1 aliphatic heterocycles. The van der Waals surface area contributed by atoms with E-state index in [-0.39, 0.29) is 12.7 Å². The molecule has 0 saturated carbocycles. The highest BCUT2D eigenvalue weighted by molar-refractivity contribution is 7.86. The van der Waals surface area contributed by atoms with Crippen LogP contribution in [0.2, 0.25) is 0 Å². The van der Waals surface area contributed by atoms with Gasteiger partial charge in [0.05, 0.1) is 12.9 Å². The molecule has 0 radical (unpaired) electrons. The second-order valence-corrected chi connectivity index (χ2v) is 10.9. The van der Waals surface area contributed by atoms with Crippen LogP contribution in [0.1, 0.15) is 6.92 Å². The summed E-state index contributed by atoms with van der Waals surface area (Å²) in [7, 11) is -6.44. The molecule has 1 fully saturated rings. The summed E-state index contributed by atoms with van der Waals surface area (Å²) < 4.78 is 46.8. The first kappa shape index (κ1) is 18.3. The van der Waals surface area contributed by atoms with Crippen LogP contribution in [0.25, 0.3) is 0 Å². The van der Waals surface area contributed by atoms with Gasteiger partial charge in [0.1, 0.15) is 18.8 Å². The summed E-state index contributed by atoms with van der Waals surface area (Å²) >= 11 is 0. The molecular weight excluding hydrogens is 359 g/mol. The summed E-state index contributed by atoms with van der Waals surface area (Å²) in [6, 6.07) is 18.7. The van der Waals surface area contributed by atoms with Crippen molar-refractivity contribution in [2.75, 3.05) is 19.0 Å². The van der Waals surface area contributed by atoms with E-state index in [4.69, 9.17) is 8.92 Å². The molecule has 1 aliphatic rings. The lowest BCUT2D eigenvalue weighted by molar-refractivity contribution is 0.259. The molecule has 2 unspecified atom stereocenters. The minimum absolute atomic E-state index is 0.0566. The van der Waals surface area contributed by atoms with Gasteiger partial charge in [-0.3, -0.25) is 4.18 Å². The smallest absolute Gasteiger partial charge is 0.264 e. The van der Waals surface area contributed by atoms with Crippen LogP contribution in [0, 0.1) is 0 Å². The highest BCUT2D eigenvalue weighted by atomic mass is 32.2. The largest absolute Gasteiger partial charge is 0.363 e. The molecule has 0 N–H and O–H groups in total. The van der Waals surface area contributed by atoms with Gasteiger partial charge in [0.15, 0.2) is 0 Å². The summed E-state index contributed by atoms with van der Waals surface area (Å²) in [6.45, 7) is 1.79. The normalized spacial score (nSPS) is 23.4. The Morgan fingerprint density at radius 3 is 1.96 bits per heavy atom. The molecule has 2 aromatic carbocycles. The van der Waals surface area contributed by atoms with Gasteiger partial charge in [0.2, 0.25) is 0 Å². The Balaban J connectivity index is 1.87. The fourth-order valence-corrected chi connectivity index (χ4v) is 6.44. The van der Waals surface area contributed by atoms with E-state index in [0.29, 0.717) is 6.16 Å². The summed E-state index contributed by atoms with van der Waals surface area (Å²) in [5.74, 6) is 0. The zero-order valence-electron chi connectivity index (χ0n) is 14.2. The average Bonchev–Trinajstić information content (AvgIpc) is 3.23. The fraction of sp³-hybridized carbons (Fsp3) is 0.333. The maximum atomic E-state index is 14.0. The SMILES string of the molecule is CC1(CP(=O)(c2ccccc2)c2ccccc2)OC1COS(C)(=O)=O. The van der Waals surface area contributed by atoms with Gasteiger partial charge in [0, 0.05) is 16.8 Å². The van der Waals surface area contributed by atoms with E-state index in [2.05, 4.69) is 0 Å². The molecule has 0 spiro atoms. The molecule has 25 heavy (non-hydrogen) atoms. The average molecular weight is 380 g/mol. The van der Waals surface area contributed by atoms with Gasteiger partial charge in [-0.1, -0.05) is 60.7 Å². The van der Waals surface area contributed by atoms with Crippen molar-refractivity contribution in [3.63, 3.8) is 0 Å². The second kappa shape index (κ2) is 6.69. The van der Waals surface area contributed by atoms with Crippen LogP contribution in [0.15, 0.2) is 60.7 Å². The Kier molecular flexibility index (Phi) is 4.91. The third kappa shape index (κ3) is 4.21. The molecule has 0 amide bonds. The number of hydrogen-bond acceptors (Lipinski definition) is 5. The van der Waals surface area contributed by atoms with Gasteiger partial charge < -0.3 is 9.30 Å². The van der Waals surface area contributed by atoms with Crippen molar-refractivity contribution >= 4 is 27.9 Å². The number of rotatable bonds is 7. The van der Waals surface area contributed by atoms with Crippen molar-refractivity contribution in [3.8, 4) is 0 Å². The van der Waals surface area contributed by atoms with Crippen LogP contribution in [0.4, 0.5) is 0 Å². The molecule has 2 aromatic rings. The zero-order chi connectivity index (χ0) is 18.1. The monoisotopic (exact) mass is 380 g/mol. The summed E-state index contributed by atoms with van der Waals surface area (Å²) in [6.07, 6.45) is 0.917. The molecule has 3 rings (SSSR count). The quantitative estimate of drug-likeness (QED) is 0.418. The maximum absolute atomic E-state index is 14.0. The Bertz CT molecular complexity index is 839. The van der Waals surface area contributed by atoms with Crippen molar-refractivity contribution < 1.29 is 21.9 Å². The van der Waals surface area contributed by atoms with Crippen molar-refractivity contribution in [1.29, 1.82) is 0 Å². The molecule has 1 heterocycles. The van der Waals surface area contributed by atoms with Gasteiger partial charge in [-0.15, -0.1) is 0 Å². The molecule has 1 saturated heterocycles. The summed E-state index contributed by atoms with van der Waals surface area (Å²) in [5.41, 5.74) is -0.675. The molecule has 2 atom stereocenters. The van der Waals surface area contributed by atoms with E-state index in [0.717, 1.165) is 16.9 Å². The van der Waals surface area contributed by atoms with Crippen molar-refractivity contribution in [2.24, 2.45) is 0 Å². The fourth-order valence-electron chi connectivity index (χ4n) is 2.94. The lowest BCUT2D eigenvalue weighted by atomic mass is 10.1. The molecule has 0 bridgehead atoms. The molecule has 134 valence electrons. The van der Waals surface area contributed by atoms with E-state index in [1.54, 1.807) is 0 Å². The number of benzene rings is 2. The van der Waals surface area contributed by atoms with E-state index in [9.17, 15) is 13.0 Å². The van der Waals surface area contributed by atoms with E-state index in [1.165, 1.54) is 0 Å². The first-order chi connectivity index (χ1) is 11.7. The first-order valence-corrected chi connectivity index (χ1v) is 11.7. The highest BCUT2D eigenvalue weighted by Gasteiger charge is 2.56. The topological polar surface area (TPSA) is 73.0 Å². The van der Waals surface area contributed by atoms with Crippen molar-refractivity contribution in [2.45, 2.75) is 18.6 Å². The predicted octanol–water partition coefficient (Wildman–Crippen LogP) is 2.13. The van der Waals surface area contributed by atoms with Gasteiger partial charge in [-0.2, -0.15) is 8.42 Å². The molecule has 7 heteroatoms. The van der Waals surface area contributed by atoms with Crippen molar-refractivity contribution in [1.82, 2.24) is 0 Å². The summed E-state index contributed by atoms with van der Waals surface area (Å²) in [4.78, 5) is 0. The van der Waals surface area contributed by atoms with Crippen LogP contribution in [0.5, 0.6) is 0 Å². The molecule has 0 aliphatic carbocycles. The minimum Gasteiger partial charge on any atom is -0.363 e. The lowest BCUT2D eigenvalue weighted by Gasteiger charge is -2.21. The third-order valence-corrected chi connectivity index (χ3v) is 8.25. The number of ether oxygens (including phenoxy) is 1. The van der Waals surface area contributed by atoms with Crippen LogP contribution in [0.3, 0.4) is 0 Å². The molecule has 5 nitrogen and oxygen atoms in total. The molecule has 0 aromatic heterocycles. The summed E-state index contributed by atoms with van der Waals surface area (Å²) in [5, 5.41) is 1.53. The van der Waals surface area contributed by atoms with Gasteiger partial charge in [-0.05, 0) is 6.92 Å². The van der Waals surface area contributed by atoms with Crippen LogP contribution in [-0.2, 0) is 23.6 Å². The van der Waals surface area contributed by atoms with Gasteiger partial charge in [0.25, 0.3) is 10.1 Å². The van der Waals surface area contributed by atoms with Gasteiger partial charge >= 0.3 is 0 Å². The highest BCUT2D eigenvalue weighted by Crippen LogP contribution is 2.52. The van der Waals surface area contributed by atoms with E-state index in [1.807, 2.05) is 67.6 Å². The second-order valence-electron chi connectivity index (χ2n) is 6.48. The van der Waals surface area contributed by atoms with Crippen LogP contribution < -0.4 is 10.6 Å². The van der Waals surface area contributed by atoms with Crippen molar-refractivity contribution in [3.05, 3.63) is 60.7 Å². The van der Waals surface area contributed by atoms with Gasteiger partial charge in [-0.25, -0.2) is 0 Å². The maximum Gasteiger partial charge on any atom is 0.264 e. The standard InChI is InChI=1S/C18H21O5PS/c1-18(17(23-18)13-22-25(2,20)21)14-24(19,15-9-5-3-6-10-15)16-11-7-4-8-12-16/h3-12,17H,13-14H2,1-2H3. The number of epoxide rings is 1. The van der Waals surface area contributed by atoms with E-state index < -0.39 is 22.9 Å². The van der Waals surface area contributed by atoms with Crippen LogP contribution >= 0.6 is 7.14 Å². The van der Waals surface area contributed by atoms with E-state index >= 15 is 0 Å².